The van der Waals surface area contributed by atoms with Crippen molar-refractivity contribution in [2.24, 2.45) is 0 Å². The number of carbonyl (C=O) groups excluding carboxylic acids is 3. The third-order valence-electron chi connectivity index (χ3n) is 4.75. The molecule has 1 N–H and O–H groups in total. The predicted octanol–water partition coefficient (Wildman–Crippen LogP) is 2.04. The number of piperazine rings is 1. The quantitative estimate of drug-likeness (QED) is 0.851. The van der Waals surface area contributed by atoms with E-state index in [1.165, 1.54) is 6.92 Å². The van der Waals surface area contributed by atoms with Crippen LogP contribution in [0.2, 0.25) is 0 Å². The lowest BCUT2D eigenvalue weighted by Crippen LogP contribution is -2.59. The van der Waals surface area contributed by atoms with Crippen LogP contribution in [-0.4, -0.2) is 53.2 Å². The Morgan fingerprint density at radius 1 is 1.20 bits per heavy atom. The number of amides is 3. The lowest BCUT2D eigenvalue weighted by molar-refractivity contribution is -0.133. The van der Waals surface area contributed by atoms with Crippen LogP contribution in [-0.2, 0) is 9.59 Å². The SMILES string of the molecule is CC(=O)N1CCN2C(=O)c3cc(-c4ccsc4)ccc3NC(=O)C2C1. The maximum absolute atomic E-state index is 13.0. The van der Waals surface area contributed by atoms with Crippen LogP contribution in [0.15, 0.2) is 35.0 Å². The summed E-state index contributed by atoms with van der Waals surface area (Å²) in [5.41, 5.74) is 3.02. The van der Waals surface area contributed by atoms with E-state index in [0.717, 1.165) is 11.1 Å². The molecule has 1 fully saturated rings. The van der Waals surface area contributed by atoms with Gasteiger partial charge in [0.1, 0.15) is 6.04 Å². The molecule has 1 atom stereocenters. The molecule has 0 bridgehead atoms. The molecule has 0 spiro atoms. The Labute approximate surface area is 149 Å². The number of benzene rings is 1. The summed E-state index contributed by atoms with van der Waals surface area (Å²) in [6, 6.07) is 6.86. The minimum atomic E-state index is -0.651. The number of hydrogen-bond donors (Lipinski definition) is 1. The molecule has 1 aromatic carbocycles. The van der Waals surface area contributed by atoms with Gasteiger partial charge in [0.15, 0.2) is 0 Å². The number of fused-ring (bicyclic) bond motifs is 2. The van der Waals surface area contributed by atoms with E-state index in [4.69, 9.17) is 0 Å². The summed E-state index contributed by atoms with van der Waals surface area (Å²) in [6.45, 7) is 2.52. The van der Waals surface area contributed by atoms with E-state index in [0.29, 0.717) is 24.3 Å². The van der Waals surface area contributed by atoms with E-state index in [1.54, 1.807) is 27.2 Å². The van der Waals surface area contributed by atoms with E-state index in [-0.39, 0.29) is 24.3 Å². The molecule has 0 aliphatic carbocycles. The molecule has 1 saturated heterocycles. The highest BCUT2D eigenvalue weighted by molar-refractivity contribution is 7.08. The van der Waals surface area contributed by atoms with Gasteiger partial charge in [-0.3, -0.25) is 14.4 Å². The second kappa shape index (κ2) is 6.00. The summed E-state index contributed by atoms with van der Waals surface area (Å²) in [5, 5.41) is 6.86. The molecule has 25 heavy (non-hydrogen) atoms. The van der Waals surface area contributed by atoms with E-state index in [1.807, 2.05) is 29.0 Å². The lowest BCUT2D eigenvalue weighted by Gasteiger charge is -2.38. The molecular formula is C18H17N3O3S. The van der Waals surface area contributed by atoms with Crippen LogP contribution < -0.4 is 5.32 Å². The Bertz CT molecular complexity index is 862. The molecule has 2 aromatic rings. The number of hydrogen-bond acceptors (Lipinski definition) is 4. The van der Waals surface area contributed by atoms with Gasteiger partial charge in [-0.05, 0) is 40.1 Å². The molecule has 3 amide bonds. The largest absolute Gasteiger partial charge is 0.339 e. The molecule has 1 unspecified atom stereocenters. The van der Waals surface area contributed by atoms with Gasteiger partial charge >= 0.3 is 0 Å². The van der Waals surface area contributed by atoms with Crippen molar-refractivity contribution in [3.05, 3.63) is 40.6 Å². The Balaban J connectivity index is 1.72. The summed E-state index contributed by atoms with van der Waals surface area (Å²) in [6.07, 6.45) is 0. The van der Waals surface area contributed by atoms with E-state index in [9.17, 15) is 14.4 Å². The maximum atomic E-state index is 13.0. The van der Waals surface area contributed by atoms with Crippen LogP contribution in [0.1, 0.15) is 17.3 Å². The van der Waals surface area contributed by atoms with Crippen molar-refractivity contribution in [3.8, 4) is 11.1 Å². The number of thiophene rings is 1. The first-order chi connectivity index (χ1) is 12.0. The molecule has 7 heteroatoms. The van der Waals surface area contributed by atoms with Gasteiger partial charge in [0, 0.05) is 20.0 Å². The molecule has 6 nitrogen and oxygen atoms in total. The van der Waals surface area contributed by atoms with E-state index < -0.39 is 6.04 Å². The fourth-order valence-electron chi connectivity index (χ4n) is 3.35. The minimum Gasteiger partial charge on any atom is -0.339 e. The highest BCUT2D eigenvalue weighted by atomic mass is 32.1. The first kappa shape index (κ1) is 15.8. The fraction of sp³-hybridized carbons (Fsp3) is 0.278. The van der Waals surface area contributed by atoms with Crippen molar-refractivity contribution in [3.63, 3.8) is 0 Å². The van der Waals surface area contributed by atoms with Crippen LogP contribution in [0.3, 0.4) is 0 Å². The van der Waals surface area contributed by atoms with Crippen LogP contribution in [0.4, 0.5) is 5.69 Å². The summed E-state index contributed by atoms with van der Waals surface area (Å²) >= 11 is 1.60. The van der Waals surface area contributed by atoms with E-state index in [2.05, 4.69) is 5.32 Å². The molecule has 2 aliphatic rings. The maximum Gasteiger partial charge on any atom is 0.256 e. The second-order valence-corrected chi connectivity index (χ2v) is 7.02. The third-order valence-corrected chi connectivity index (χ3v) is 5.43. The third kappa shape index (κ3) is 2.70. The van der Waals surface area contributed by atoms with Crippen LogP contribution >= 0.6 is 11.3 Å². The van der Waals surface area contributed by atoms with Crippen molar-refractivity contribution < 1.29 is 14.4 Å². The number of nitrogens with zero attached hydrogens (tertiary/aromatic N) is 2. The van der Waals surface area contributed by atoms with Gasteiger partial charge in [0.2, 0.25) is 11.8 Å². The van der Waals surface area contributed by atoms with Crippen molar-refractivity contribution in [2.75, 3.05) is 25.0 Å². The van der Waals surface area contributed by atoms with Crippen LogP contribution in [0.25, 0.3) is 11.1 Å². The number of carbonyl (C=O) groups is 3. The van der Waals surface area contributed by atoms with Crippen molar-refractivity contribution in [1.29, 1.82) is 0 Å². The van der Waals surface area contributed by atoms with Crippen molar-refractivity contribution in [2.45, 2.75) is 13.0 Å². The van der Waals surface area contributed by atoms with Crippen LogP contribution in [0.5, 0.6) is 0 Å². The van der Waals surface area contributed by atoms with Crippen molar-refractivity contribution >= 4 is 34.7 Å². The number of nitrogens with one attached hydrogen (secondary N) is 1. The molecule has 3 heterocycles. The standard InChI is InChI=1S/C18H17N3O3S/c1-11(22)20-5-6-21-16(9-20)17(23)19-15-3-2-12(8-14(15)18(21)24)13-4-7-25-10-13/h2-4,7-8,10,16H,5-6,9H2,1H3,(H,19,23). The Hall–Kier alpha value is -2.67. The summed E-state index contributed by atoms with van der Waals surface area (Å²) in [5.74, 6) is -0.499. The van der Waals surface area contributed by atoms with Gasteiger partial charge in [0.25, 0.3) is 5.91 Å². The summed E-state index contributed by atoms with van der Waals surface area (Å²) in [4.78, 5) is 40.5. The van der Waals surface area contributed by atoms with Gasteiger partial charge in [-0.1, -0.05) is 6.07 Å². The molecule has 128 valence electrons. The zero-order chi connectivity index (χ0) is 17.6. The summed E-state index contributed by atoms with van der Waals surface area (Å²) in [7, 11) is 0. The Kier molecular flexibility index (Phi) is 3.80. The molecule has 0 saturated carbocycles. The fourth-order valence-corrected chi connectivity index (χ4v) is 4.01. The zero-order valence-corrected chi connectivity index (χ0v) is 14.5. The van der Waals surface area contributed by atoms with Gasteiger partial charge in [0.05, 0.1) is 17.8 Å². The van der Waals surface area contributed by atoms with Gasteiger partial charge in [-0.25, -0.2) is 0 Å². The Morgan fingerprint density at radius 2 is 2.04 bits per heavy atom. The van der Waals surface area contributed by atoms with Gasteiger partial charge in [-0.2, -0.15) is 11.3 Å². The number of anilines is 1. The van der Waals surface area contributed by atoms with E-state index >= 15 is 0 Å². The van der Waals surface area contributed by atoms with Gasteiger partial charge < -0.3 is 15.1 Å². The minimum absolute atomic E-state index is 0.0820. The average molecular weight is 355 g/mol. The second-order valence-electron chi connectivity index (χ2n) is 6.24. The molecule has 2 aliphatic heterocycles. The van der Waals surface area contributed by atoms with Crippen molar-refractivity contribution in [1.82, 2.24) is 9.80 Å². The first-order valence-electron chi connectivity index (χ1n) is 8.08. The predicted molar refractivity (Wildman–Crippen MR) is 95.5 cm³/mol. The highest BCUT2D eigenvalue weighted by Crippen LogP contribution is 2.30. The number of rotatable bonds is 1. The molecule has 0 radical (unpaired) electrons. The monoisotopic (exact) mass is 355 g/mol. The zero-order valence-electron chi connectivity index (χ0n) is 13.7. The summed E-state index contributed by atoms with van der Waals surface area (Å²) < 4.78 is 0. The normalized spacial score (nSPS) is 19.8. The molecule has 4 rings (SSSR count). The molecule has 1 aromatic heterocycles. The smallest absolute Gasteiger partial charge is 0.256 e. The van der Waals surface area contributed by atoms with Crippen LogP contribution in [0, 0.1) is 0 Å². The molecular weight excluding hydrogens is 338 g/mol. The van der Waals surface area contributed by atoms with Gasteiger partial charge in [-0.15, -0.1) is 0 Å². The topological polar surface area (TPSA) is 69.7 Å². The average Bonchev–Trinajstić information content (AvgIpc) is 3.12. The Morgan fingerprint density at radius 3 is 2.76 bits per heavy atom. The first-order valence-corrected chi connectivity index (χ1v) is 9.03. The highest BCUT2D eigenvalue weighted by Gasteiger charge is 2.39. The lowest BCUT2D eigenvalue weighted by atomic mass is 10.0.